The third-order valence-electron chi connectivity index (χ3n) is 2.75. The van der Waals surface area contributed by atoms with Gasteiger partial charge in [-0.1, -0.05) is 6.42 Å². The van der Waals surface area contributed by atoms with Crippen LogP contribution in [0.2, 0.25) is 0 Å². The van der Waals surface area contributed by atoms with Crippen molar-refractivity contribution in [3.05, 3.63) is 0 Å². The first-order valence-electron chi connectivity index (χ1n) is 7.68. The van der Waals surface area contributed by atoms with E-state index in [1.807, 2.05) is 0 Å². The van der Waals surface area contributed by atoms with Gasteiger partial charge in [0.1, 0.15) is 12.4 Å². The van der Waals surface area contributed by atoms with E-state index in [0.29, 0.717) is 39.3 Å². The van der Waals surface area contributed by atoms with E-state index in [1.165, 1.54) is 6.92 Å². The van der Waals surface area contributed by atoms with Crippen molar-refractivity contribution in [2.45, 2.75) is 39.5 Å². The Labute approximate surface area is 132 Å². The molecule has 2 amide bonds. The summed E-state index contributed by atoms with van der Waals surface area (Å²) in [6.45, 7) is 5.28. The second-order valence-electron chi connectivity index (χ2n) is 5.01. The topological polar surface area (TPSA) is 93.7 Å². The second kappa shape index (κ2) is 14.5. The molecule has 128 valence electrons. The van der Waals surface area contributed by atoms with Crippen molar-refractivity contribution >= 4 is 17.6 Å². The summed E-state index contributed by atoms with van der Waals surface area (Å²) in [6, 6.07) is 0. The first kappa shape index (κ1) is 20.5. The molecular formula is C15H28N2O5. The molecule has 0 heterocycles. The lowest BCUT2D eigenvalue weighted by Crippen LogP contribution is -2.29. The maximum Gasteiger partial charge on any atom is 0.245 e. The molecule has 0 aliphatic carbocycles. The quantitative estimate of drug-likeness (QED) is 0.453. The summed E-state index contributed by atoms with van der Waals surface area (Å²) in [7, 11) is 0. The predicted molar refractivity (Wildman–Crippen MR) is 82.5 cm³/mol. The first-order valence-corrected chi connectivity index (χ1v) is 7.68. The van der Waals surface area contributed by atoms with Crippen molar-refractivity contribution in [1.82, 2.24) is 10.6 Å². The fraction of sp³-hybridized carbons (Fsp3) is 0.800. The van der Waals surface area contributed by atoms with Crippen LogP contribution in [0.4, 0.5) is 0 Å². The lowest BCUT2D eigenvalue weighted by atomic mass is 10.1. The van der Waals surface area contributed by atoms with Crippen LogP contribution < -0.4 is 10.6 Å². The number of carbonyl (C=O) groups is 3. The standard InChI is InChI=1S/C15H28N2O5/c1-13(18)6-4-3-5-7-17-15(20)12-22-11-10-21-9-8-16-14(2)19/h3-12H2,1-2H3,(H,16,19)(H,17,20). The first-order chi connectivity index (χ1) is 10.5. The van der Waals surface area contributed by atoms with Gasteiger partial charge in [0.25, 0.3) is 0 Å². The number of hydrogen-bond acceptors (Lipinski definition) is 5. The van der Waals surface area contributed by atoms with Gasteiger partial charge in [-0.15, -0.1) is 0 Å². The van der Waals surface area contributed by atoms with Crippen LogP contribution in [0.25, 0.3) is 0 Å². The number of Topliss-reactive ketones (excluding diaryl/α,β-unsaturated/α-hetero) is 1. The molecule has 7 nitrogen and oxygen atoms in total. The van der Waals surface area contributed by atoms with Gasteiger partial charge in [-0.2, -0.15) is 0 Å². The molecule has 0 aromatic rings. The summed E-state index contributed by atoms with van der Waals surface area (Å²) >= 11 is 0. The fourth-order valence-electron chi connectivity index (χ4n) is 1.64. The molecular weight excluding hydrogens is 288 g/mol. The number of unbranched alkanes of at least 4 members (excludes halogenated alkanes) is 2. The highest BCUT2D eigenvalue weighted by Gasteiger charge is 2.01. The summed E-state index contributed by atoms with van der Waals surface area (Å²) < 4.78 is 10.4. The van der Waals surface area contributed by atoms with Gasteiger partial charge in [0.05, 0.1) is 19.8 Å². The molecule has 0 saturated heterocycles. The minimum atomic E-state index is -0.148. The number of ketones is 1. The van der Waals surface area contributed by atoms with Crippen LogP contribution in [-0.2, 0) is 23.9 Å². The molecule has 0 aromatic carbocycles. The highest BCUT2D eigenvalue weighted by atomic mass is 16.5. The largest absolute Gasteiger partial charge is 0.377 e. The predicted octanol–water partition coefficient (Wildman–Crippen LogP) is 0.421. The zero-order chi connectivity index (χ0) is 16.6. The van der Waals surface area contributed by atoms with Crippen LogP contribution in [0.15, 0.2) is 0 Å². The third kappa shape index (κ3) is 16.6. The van der Waals surface area contributed by atoms with Crippen LogP contribution in [0.3, 0.4) is 0 Å². The average molecular weight is 316 g/mol. The Morgan fingerprint density at radius 2 is 1.55 bits per heavy atom. The van der Waals surface area contributed by atoms with Crippen molar-refractivity contribution in [1.29, 1.82) is 0 Å². The molecule has 0 fully saturated rings. The van der Waals surface area contributed by atoms with Gasteiger partial charge in [-0.05, 0) is 19.8 Å². The maximum atomic E-state index is 11.4. The van der Waals surface area contributed by atoms with Crippen LogP contribution in [0.5, 0.6) is 0 Å². The molecule has 22 heavy (non-hydrogen) atoms. The summed E-state index contributed by atoms with van der Waals surface area (Å²) in [5.74, 6) is -0.0284. The zero-order valence-corrected chi connectivity index (χ0v) is 13.6. The van der Waals surface area contributed by atoms with Crippen molar-refractivity contribution in [3.63, 3.8) is 0 Å². The van der Waals surface area contributed by atoms with Crippen molar-refractivity contribution in [2.24, 2.45) is 0 Å². The van der Waals surface area contributed by atoms with Crippen LogP contribution in [0, 0.1) is 0 Å². The van der Waals surface area contributed by atoms with Gasteiger partial charge < -0.3 is 24.9 Å². The summed E-state index contributed by atoms with van der Waals surface area (Å²) in [5, 5.41) is 5.37. The number of hydrogen-bond donors (Lipinski definition) is 2. The van der Waals surface area contributed by atoms with Gasteiger partial charge in [0.15, 0.2) is 0 Å². The van der Waals surface area contributed by atoms with E-state index >= 15 is 0 Å². The molecule has 0 radical (unpaired) electrons. The Balaban J connectivity index is 3.22. The maximum absolute atomic E-state index is 11.4. The smallest absolute Gasteiger partial charge is 0.245 e. The zero-order valence-electron chi connectivity index (χ0n) is 13.6. The Hall–Kier alpha value is -1.47. The molecule has 2 N–H and O–H groups in total. The molecule has 0 spiro atoms. The van der Waals surface area contributed by atoms with E-state index in [0.717, 1.165) is 19.3 Å². The Morgan fingerprint density at radius 1 is 0.818 bits per heavy atom. The lowest BCUT2D eigenvalue weighted by Gasteiger charge is -2.07. The molecule has 0 aliphatic heterocycles. The highest BCUT2D eigenvalue weighted by molar-refractivity contribution is 5.77. The Bertz CT molecular complexity index is 334. The van der Waals surface area contributed by atoms with E-state index in [9.17, 15) is 14.4 Å². The van der Waals surface area contributed by atoms with Crippen LogP contribution in [0.1, 0.15) is 39.5 Å². The molecule has 0 atom stereocenters. The van der Waals surface area contributed by atoms with E-state index < -0.39 is 0 Å². The summed E-state index contributed by atoms with van der Waals surface area (Å²) in [4.78, 5) is 32.7. The van der Waals surface area contributed by atoms with Crippen LogP contribution in [-0.4, -0.2) is 57.1 Å². The van der Waals surface area contributed by atoms with Gasteiger partial charge in [0, 0.05) is 26.4 Å². The molecule has 0 rings (SSSR count). The van der Waals surface area contributed by atoms with Crippen LogP contribution >= 0.6 is 0 Å². The summed E-state index contributed by atoms with van der Waals surface area (Å²) in [6.07, 6.45) is 3.28. The number of amides is 2. The second-order valence-corrected chi connectivity index (χ2v) is 5.01. The van der Waals surface area contributed by atoms with E-state index in [2.05, 4.69) is 10.6 Å². The van der Waals surface area contributed by atoms with Crippen molar-refractivity contribution in [3.8, 4) is 0 Å². The molecule has 0 bridgehead atoms. The van der Waals surface area contributed by atoms with Crippen molar-refractivity contribution < 1.29 is 23.9 Å². The number of rotatable bonds is 14. The minimum absolute atomic E-state index is 0.0164. The van der Waals surface area contributed by atoms with E-state index in [4.69, 9.17) is 9.47 Å². The van der Waals surface area contributed by atoms with Gasteiger partial charge in [0.2, 0.25) is 11.8 Å². The van der Waals surface area contributed by atoms with Gasteiger partial charge >= 0.3 is 0 Å². The summed E-state index contributed by atoms with van der Waals surface area (Å²) in [5.41, 5.74) is 0. The molecule has 0 saturated carbocycles. The number of nitrogens with one attached hydrogen (secondary N) is 2. The number of ether oxygens (including phenoxy) is 2. The van der Waals surface area contributed by atoms with Crippen molar-refractivity contribution in [2.75, 3.05) is 39.5 Å². The van der Waals surface area contributed by atoms with Gasteiger partial charge in [-0.3, -0.25) is 9.59 Å². The molecule has 0 aromatic heterocycles. The Morgan fingerprint density at radius 3 is 2.23 bits per heavy atom. The lowest BCUT2D eigenvalue weighted by molar-refractivity contribution is -0.126. The van der Waals surface area contributed by atoms with E-state index in [1.54, 1.807) is 6.92 Å². The normalized spacial score (nSPS) is 10.3. The SMILES string of the molecule is CC(=O)CCCCCNC(=O)COCCOCCNC(C)=O. The minimum Gasteiger partial charge on any atom is -0.377 e. The Kier molecular flexibility index (Phi) is 13.5. The third-order valence-corrected chi connectivity index (χ3v) is 2.75. The molecule has 0 unspecified atom stereocenters. The molecule has 0 aliphatic rings. The van der Waals surface area contributed by atoms with Gasteiger partial charge in [-0.25, -0.2) is 0 Å². The van der Waals surface area contributed by atoms with E-state index in [-0.39, 0.29) is 24.2 Å². The number of carbonyl (C=O) groups excluding carboxylic acids is 3. The average Bonchev–Trinajstić information content (AvgIpc) is 2.44. The monoisotopic (exact) mass is 316 g/mol. The fourth-order valence-corrected chi connectivity index (χ4v) is 1.64. The highest BCUT2D eigenvalue weighted by Crippen LogP contribution is 1.99. The molecule has 7 heteroatoms.